The van der Waals surface area contributed by atoms with Crippen LogP contribution in [0.2, 0.25) is 0 Å². The van der Waals surface area contributed by atoms with Gasteiger partial charge in [0.1, 0.15) is 48.0 Å². The van der Waals surface area contributed by atoms with Crippen molar-refractivity contribution in [2.24, 2.45) is 5.73 Å². The fourth-order valence-corrected chi connectivity index (χ4v) is 13.5. The van der Waals surface area contributed by atoms with E-state index in [0.29, 0.717) is 34.0 Å². The monoisotopic (exact) mass is 1500 g/mol. The molecule has 8 amide bonds. The number of carbonyl (C=O) groups is 11. The Balaban J connectivity index is 0.0000184. The Morgan fingerprint density at radius 1 is 0.634 bits per heavy atom. The van der Waals surface area contributed by atoms with Crippen molar-refractivity contribution in [1.29, 1.82) is 0 Å². The third kappa shape index (κ3) is 28.5. The Kier molecular flexibility index (Phi) is 35.3. The summed E-state index contributed by atoms with van der Waals surface area (Å²) in [6.45, 7) is 0.883. The van der Waals surface area contributed by atoms with Crippen molar-refractivity contribution in [3.8, 4) is 5.75 Å². The molecule has 4 aromatic rings. The van der Waals surface area contributed by atoms with Crippen molar-refractivity contribution >= 4 is 117 Å². The molecule has 0 radical (unpaired) electrons. The summed E-state index contributed by atoms with van der Waals surface area (Å²) in [5.41, 5.74) is 7.94. The number of nitrogens with one attached hydrogen (secondary N) is 9. The number of hydrogen-bond acceptors (Lipinski definition) is 25. The molecule has 36 heteroatoms. The van der Waals surface area contributed by atoms with Crippen LogP contribution in [0.3, 0.4) is 0 Å². The van der Waals surface area contributed by atoms with Gasteiger partial charge < -0.3 is 104 Å². The van der Waals surface area contributed by atoms with E-state index in [1.165, 1.54) is 34.1 Å². The van der Waals surface area contributed by atoms with Gasteiger partial charge in [-0.05, 0) is 80.8 Å². The van der Waals surface area contributed by atoms with E-state index < -0.39 is 163 Å². The molecule has 2 aliphatic rings. The van der Waals surface area contributed by atoms with Crippen LogP contribution in [-0.4, -0.2) is 298 Å². The van der Waals surface area contributed by atoms with E-state index in [2.05, 4.69) is 47.5 Å². The van der Waals surface area contributed by atoms with Crippen LogP contribution < -0.4 is 63.6 Å². The van der Waals surface area contributed by atoms with Crippen LogP contribution in [0, 0.1) is 0 Å². The van der Waals surface area contributed by atoms with Crippen LogP contribution in [0.1, 0.15) is 49.8 Å². The second-order valence-electron chi connectivity index (χ2n) is 24.5. The molecule has 101 heavy (non-hydrogen) atoms. The van der Waals surface area contributed by atoms with Crippen LogP contribution in [0.4, 0.5) is 0 Å². The van der Waals surface area contributed by atoms with Crippen molar-refractivity contribution < 1.29 is 93.6 Å². The van der Waals surface area contributed by atoms with Crippen LogP contribution >= 0.6 is 21.6 Å². The van der Waals surface area contributed by atoms with E-state index >= 15 is 14.4 Å². The average Bonchev–Trinajstić information content (AvgIpc) is 1.75. The van der Waals surface area contributed by atoms with E-state index in [9.17, 15) is 79.2 Å². The van der Waals surface area contributed by atoms with Crippen LogP contribution in [0.25, 0.3) is 10.9 Å². The molecule has 11 atom stereocenters. The second-order valence-corrected chi connectivity index (χ2v) is 27.1. The van der Waals surface area contributed by atoms with E-state index in [4.69, 9.17) is 5.73 Å². The fourth-order valence-electron chi connectivity index (χ4n) is 11.1. The van der Waals surface area contributed by atoms with Gasteiger partial charge in [-0.1, -0.05) is 82.3 Å². The zero-order chi connectivity index (χ0) is 73.0. The number of β-amino-alcohol motifs (C(OH)–C–C–N with tert-alkyl or cyclic N) is 1. The number of aliphatic hydroxyl groups is 3. The first-order chi connectivity index (χ1) is 47.7. The quantitative estimate of drug-likeness (QED) is 0.0120. The maximum absolute atomic E-state index is 15.3. The molecule has 3 aromatic carbocycles. The number of nitrogens with zero attached hydrogens (tertiary/aromatic N) is 4. The van der Waals surface area contributed by atoms with Crippen LogP contribution in [-0.2, 0) is 72.0 Å². The zero-order valence-corrected chi connectivity index (χ0v) is 60.1. The van der Waals surface area contributed by atoms with Crippen LogP contribution in [0.15, 0.2) is 85.1 Å². The number of aliphatic carboxylic acids is 3. The van der Waals surface area contributed by atoms with E-state index in [-0.39, 0.29) is 123 Å². The first kappa shape index (κ1) is 83.8. The normalized spacial score (nSPS) is 22.0. The molecule has 548 valence electrons. The molecule has 0 aliphatic carbocycles. The molecule has 6 rings (SSSR count). The first-order valence-electron chi connectivity index (χ1n) is 32.6. The summed E-state index contributed by atoms with van der Waals surface area (Å²) in [6.07, 6.45) is -4.01. The van der Waals surface area contributed by atoms with Crippen molar-refractivity contribution in [3.05, 3.63) is 102 Å². The zero-order valence-electron chi connectivity index (χ0n) is 56.0. The molecule has 0 spiro atoms. The van der Waals surface area contributed by atoms with E-state index in [1.807, 2.05) is 0 Å². The number of aromatic hydroxyl groups is 1. The topological polar surface area (TPSA) is 509 Å². The maximum Gasteiger partial charge on any atom is 3.00 e. The summed E-state index contributed by atoms with van der Waals surface area (Å²) < 4.78 is 0. The van der Waals surface area contributed by atoms with Gasteiger partial charge in [0.05, 0.1) is 30.7 Å². The van der Waals surface area contributed by atoms with Crippen LogP contribution in [0.5, 0.6) is 5.75 Å². The number of benzene rings is 3. The molecule has 0 bridgehead atoms. The Morgan fingerprint density at radius 2 is 1.18 bits per heavy atom. The number of carboxylic acid groups (broad SMARTS) is 3. The van der Waals surface area contributed by atoms with Gasteiger partial charge in [0.2, 0.25) is 47.3 Å². The summed E-state index contributed by atoms with van der Waals surface area (Å²) in [4.78, 5) is 163. The SMILES string of the molecule is C[C@@H](O)[C@H](NC(=O)[C@@H]1CSSC[C@H](NC(=O)[C@@H](Cc2ccccc2)NC(=O)CN2CCN(CC(=O)[O-])CCN(CC(=O)[O-])CCN(CC([O-])O)CC2)C(=O)N[C@@H](Cc2ccc(O)cc2)C(=O)N[C@H](Cc2c[nH]c3ccccc23)C(=O)N[C@@H](CCCCN)C(=O)N[C@@H]([C@@H](C)O)C(=O)N1)C(=O)O.[Ga+3]. The summed E-state index contributed by atoms with van der Waals surface area (Å²) >= 11 is 0. The maximum atomic E-state index is 15.3. The van der Waals surface area contributed by atoms with Crippen molar-refractivity contribution in [2.75, 3.05) is 96.6 Å². The number of unbranched alkanes of at least 4 members (excludes halogenated alkanes) is 1. The Morgan fingerprint density at radius 3 is 1.75 bits per heavy atom. The minimum absolute atomic E-state index is 0. The molecule has 3 heterocycles. The van der Waals surface area contributed by atoms with Gasteiger partial charge in [-0.2, -0.15) is 0 Å². The summed E-state index contributed by atoms with van der Waals surface area (Å²) in [5.74, 6) is -13.4. The van der Waals surface area contributed by atoms with Gasteiger partial charge in [-0.25, -0.2) is 4.79 Å². The van der Waals surface area contributed by atoms with Gasteiger partial charge in [-0.3, -0.25) is 58.0 Å². The Hall–Kier alpha value is -7.85. The van der Waals surface area contributed by atoms with Crippen molar-refractivity contribution in [3.63, 3.8) is 0 Å². The number of rotatable bonds is 26. The van der Waals surface area contributed by atoms with Gasteiger partial charge in [-0.15, -0.1) is 0 Å². The van der Waals surface area contributed by atoms with Crippen molar-refractivity contribution in [1.82, 2.24) is 67.1 Å². The number of aliphatic hydroxyl groups excluding tert-OH is 3. The minimum Gasteiger partial charge on any atom is -0.830 e. The summed E-state index contributed by atoms with van der Waals surface area (Å²) in [5, 5.41) is 109. The van der Waals surface area contributed by atoms with Gasteiger partial charge >= 0.3 is 25.8 Å². The van der Waals surface area contributed by atoms with Gasteiger partial charge in [0, 0.05) is 120 Å². The molecular formula is C65H89GaN14O19S2. The molecule has 16 N–H and O–H groups in total. The Labute approximate surface area is 604 Å². The Bertz CT molecular complexity index is 3400. The van der Waals surface area contributed by atoms with Gasteiger partial charge in [0.25, 0.3) is 0 Å². The number of nitrogens with two attached hydrogens (primary N) is 1. The predicted octanol–water partition coefficient (Wildman–Crippen LogP) is -7.83. The number of aromatic amines is 1. The smallest absolute Gasteiger partial charge is 0.830 e. The molecule has 1 aromatic heterocycles. The third-order valence-corrected chi connectivity index (χ3v) is 19.0. The standard InChI is InChI=1S/C65H91N14O19S2.Ga/c1-38(80)56-64(96)73-51(63(95)75-57(39(2)81)65(97)98)37-100-99-36-50(72-59(91)47(28-40-10-4-3-5-11-40)68-52(83)32-76-20-22-77(33-53(84)85)24-26-79(35-55(88)89)27-25-78(23-21-76)34-54(86)87)62(94)70-48(29-41-15-17-43(82)18-16-41)60(92)71-49(30-42-31-67-45-13-7-6-12-44(42)45)61(93)69-46(58(90)74-56)14-8-9-19-66;/h3-7,10-13,15-18,31,38-39,46-51,53,56-57,67,80-82,84H,8-9,14,19-30,32-37,66H2,1-2H3,(H,68,83)(H,69,93)(H,70,94)(H,71,92)(H,72,91)(H,73,96)(H,74,90)(H,75,95)(H,86,87)(H,88,89)(H,97,98);/q-1;+3/p-2/t38-,39-,46+,47-,48+,49-,50+,51+,53?,56+,57+;/m1./s1. The number of H-pyrrole nitrogens is 1. The number of carbonyl (C=O) groups excluding carboxylic acids is 10. The van der Waals surface area contributed by atoms with Crippen molar-refractivity contribution in [2.45, 2.75) is 119 Å². The van der Waals surface area contributed by atoms with E-state index in [1.54, 1.807) is 70.6 Å². The first-order valence-corrected chi connectivity index (χ1v) is 35.1. The number of aromatic nitrogens is 1. The molecular weight excluding hydrogens is 1410 g/mol. The number of amides is 8. The summed E-state index contributed by atoms with van der Waals surface area (Å²) in [6, 6.07) is 7.83. The molecule has 0 saturated carbocycles. The molecule has 2 fully saturated rings. The van der Waals surface area contributed by atoms with Gasteiger partial charge in [0.15, 0.2) is 6.04 Å². The largest absolute Gasteiger partial charge is 3.00 e. The predicted molar refractivity (Wildman–Crippen MR) is 366 cm³/mol. The summed E-state index contributed by atoms with van der Waals surface area (Å²) in [7, 11) is 1.65. The number of fused-ring (bicyclic) bond motifs is 1. The molecule has 33 nitrogen and oxygen atoms in total. The second kappa shape index (κ2) is 42.5. The average molecular weight is 1500 g/mol. The van der Waals surface area contributed by atoms with E-state index in [0.717, 1.165) is 35.4 Å². The molecule has 1 unspecified atom stereocenters. The number of carboxylic acids is 3. The number of phenols is 1. The number of phenolic OH excluding ortho intramolecular Hbond substituents is 1. The molecule has 2 aliphatic heterocycles. The number of para-hydroxylation sites is 1. The number of hydrogen-bond donors (Lipinski definition) is 15. The minimum atomic E-state index is -2.05. The molecule has 2 saturated heterocycles. The third-order valence-electron chi connectivity index (χ3n) is 16.6. The fraction of sp³-hybridized carbons (Fsp3) is 0.523.